The lowest BCUT2D eigenvalue weighted by atomic mass is 10.1. The van der Waals surface area contributed by atoms with Gasteiger partial charge in [0.2, 0.25) is 21.8 Å². The first-order chi connectivity index (χ1) is 13.8. The average Bonchev–Trinajstić information content (AvgIpc) is 3.36. The van der Waals surface area contributed by atoms with Crippen molar-refractivity contribution < 1.29 is 12.8 Å². The van der Waals surface area contributed by atoms with Gasteiger partial charge in [-0.1, -0.05) is 41.4 Å². The van der Waals surface area contributed by atoms with Gasteiger partial charge in [-0.2, -0.15) is 4.31 Å². The Morgan fingerprint density at radius 3 is 2.38 bits per heavy atom. The van der Waals surface area contributed by atoms with Crippen molar-refractivity contribution in [3.05, 3.63) is 64.0 Å². The summed E-state index contributed by atoms with van der Waals surface area (Å²) in [5.41, 5.74) is 3.16. The molecule has 1 aliphatic rings. The van der Waals surface area contributed by atoms with E-state index in [2.05, 4.69) is 10.2 Å². The van der Waals surface area contributed by atoms with E-state index in [0.717, 1.165) is 29.5 Å². The van der Waals surface area contributed by atoms with Crippen LogP contribution in [0.5, 0.6) is 0 Å². The van der Waals surface area contributed by atoms with Gasteiger partial charge in [-0.05, 0) is 56.9 Å². The van der Waals surface area contributed by atoms with Crippen molar-refractivity contribution in [1.29, 1.82) is 0 Å². The number of nitrogens with zero attached hydrogens (tertiary/aromatic N) is 3. The maximum atomic E-state index is 13.5. The van der Waals surface area contributed by atoms with E-state index in [0.29, 0.717) is 15.5 Å². The second-order valence-electron chi connectivity index (χ2n) is 7.49. The van der Waals surface area contributed by atoms with Crippen LogP contribution in [0.3, 0.4) is 0 Å². The smallest absolute Gasteiger partial charge is 0.249 e. The quantitative estimate of drug-likeness (QED) is 0.566. The first-order valence-electron chi connectivity index (χ1n) is 9.44. The Bertz CT molecular complexity index is 1150. The Balaban J connectivity index is 1.67. The highest BCUT2D eigenvalue weighted by atomic mass is 35.5. The van der Waals surface area contributed by atoms with Crippen molar-refractivity contribution >= 4 is 21.6 Å². The lowest BCUT2D eigenvalue weighted by Gasteiger charge is -2.23. The molecular weight excluding hydrogens is 410 g/mol. The van der Waals surface area contributed by atoms with Crippen molar-refractivity contribution in [2.75, 3.05) is 0 Å². The van der Waals surface area contributed by atoms with Crippen molar-refractivity contribution in [3.8, 4) is 11.5 Å². The minimum Gasteiger partial charge on any atom is -0.419 e. The summed E-state index contributed by atoms with van der Waals surface area (Å²) in [7, 11) is -3.70. The van der Waals surface area contributed by atoms with Gasteiger partial charge in [0.05, 0.1) is 22.0 Å². The molecule has 6 nitrogen and oxygen atoms in total. The molecule has 1 aromatic heterocycles. The second kappa shape index (κ2) is 7.55. The van der Waals surface area contributed by atoms with Crippen molar-refractivity contribution in [3.63, 3.8) is 0 Å². The lowest BCUT2D eigenvalue weighted by molar-refractivity contribution is 0.350. The molecule has 1 aliphatic carbocycles. The van der Waals surface area contributed by atoms with Gasteiger partial charge in [0.15, 0.2) is 0 Å². The Hall–Kier alpha value is -2.22. The number of rotatable bonds is 6. The number of benzene rings is 2. The van der Waals surface area contributed by atoms with E-state index in [-0.39, 0.29) is 24.4 Å². The Kier molecular flexibility index (Phi) is 5.23. The summed E-state index contributed by atoms with van der Waals surface area (Å²) in [6.07, 6.45) is 1.66. The van der Waals surface area contributed by atoms with Gasteiger partial charge in [0.25, 0.3) is 0 Å². The molecule has 0 saturated heterocycles. The summed E-state index contributed by atoms with van der Waals surface area (Å²) < 4.78 is 34.3. The van der Waals surface area contributed by atoms with Crippen LogP contribution in [0.2, 0.25) is 5.02 Å². The standard InChI is InChI=1S/C21H22ClN3O3S/c1-13-10-14(2)20(15(3)11-13)29(26,27)25(16-8-9-16)12-19-23-24-21(28-19)17-6-4-5-7-18(17)22/h4-7,10-11,16H,8-9,12H2,1-3H3. The van der Waals surface area contributed by atoms with E-state index in [9.17, 15) is 8.42 Å². The second-order valence-corrected chi connectivity index (χ2v) is 9.72. The molecule has 0 radical (unpaired) electrons. The fourth-order valence-electron chi connectivity index (χ4n) is 3.66. The number of aromatic nitrogens is 2. The summed E-state index contributed by atoms with van der Waals surface area (Å²) in [4.78, 5) is 0.362. The van der Waals surface area contributed by atoms with Crippen molar-refractivity contribution in [2.45, 2.75) is 51.1 Å². The molecule has 2 aromatic carbocycles. The zero-order valence-corrected chi connectivity index (χ0v) is 18.1. The molecule has 1 heterocycles. The molecule has 1 fully saturated rings. The molecule has 0 spiro atoms. The largest absolute Gasteiger partial charge is 0.419 e. The third kappa shape index (κ3) is 3.95. The minimum absolute atomic E-state index is 0.0389. The fraction of sp³-hybridized carbons (Fsp3) is 0.333. The topological polar surface area (TPSA) is 76.3 Å². The van der Waals surface area contributed by atoms with Crippen LogP contribution in [0.1, 0.15) is 35.4 Å². The van der Waals surface area contributed by atoms with Gasteiger partial charge >= 0.3 is 0 Å². The fourth-order valence-corrected chi connectivity index (χ4v) is 5.92. The third-order valence-electron chi connectivity index (χ3n) is 4.99. The number of aryl methyl sites for hydroxylation is 3. The molecule has 29 heavy (non-hydrogen) atoms. The summed E-state index contributed by atoms with van der Waals surface area (Å²) in [5, 5.41) is 8.63. The van der Waals surface area contributed by atoms with Crippen LogP contribution in [0.15, 0.2) is 45.7 Å². The number of hydrogen-bond acceptors (Lipinski definition) is 5. The van der Waals surface area contributed by atoms with Crippen LogP contribution in [-0.4, -0.2) is 29.0 Å². The normalized spacial score (nSPS) is 14.5. The lowest BCUT2D eigenvalue weighted by Crippen LogP contribution is -2.33. The molecule has 0 atom stereocenters. The van der Waals surface area contributed by atoms with E-state index in [1.165, 1.54) is 4.31 Å². The van der Waals surface area contributed by atoms with Gasteiger partial charge < -0.3 is 4.42 Å². The van der Waals surface area contributed by atoms with Crippen LogP contribution in [0, 0.1) is 20.8 Å². The molecule has 3 aromatic rings. The molecule has 0 unspecified atom stereocenters. The summed E-state index contributed by atoms with van der Waals surface area (Å²) in [6.45, 7) is 5.67. The first-order valence-corrected chi connectivity index (χ1v) is 11.3. The molecule has 0 aliphatic heterocycles. The van der Waals surface area contributed by atoms with Gasteiger partial charge in [-0.15, -0.1) is 10.2 Å². The zero-order chi connectivity index (χ0) is 20.8. The van der Waals surface area contributed by atoms with Crippen LogP contribution >= 0.6 is 11.6 Å². The average molecular weight is 432 g/mol. The highest BCUT2D eigenvalue weighted by Crippen LogP contribution is 2.36. The van der Waals surface area contributed by atoms with Crippen LogP contribution in [0.4, 0.5) is 0 Å². The van der Waals surface area contributed by atoms with E-state index < -0.39 is 10.0 Å². The summed E-state index contributed by atoms with van der Waals surface area (Å²) >= 11 is 6.20. The Labute approximate surface area is 175 Å². The molecule has 0 N–H and O–H groups in total. The SMILES string of the molecule is Cc1cc(C)c(S(=O)(=O)N(Cc2nnc(-c3ccccc3Cl)o2)C2CC2)c(C)c1. The molecule has 152 valence electrons. The monoisotopic (exact) mass is 431 g/mol. The maximum absolute atomic E-state index is 13.5. The van der Waals surface area contributed by atoms with Crippen LogP contribution < -0.4 is 0 Å². The number of hydrogen-bond donors (Lipinski definition) is 0. The van der Waals surface area contributed by atoms with Crippen LogP contribution in [0.25, 0.3) is 11.5 Å². The van der Waals surface area contributed by atoms with Gasteiger partial charge in [0.1, 0.15) is 0 Å². The van der Waals surface area contributed by atoms with Gasteiger partial charge in [-0.25, -0.2) is 8.42 Å². The van der Waals surface area contributed by atoms with E-state index in [1.54, 1.807) is 12.1 Å². The summed E-state index contributed by atoms with van der Waals surface area (Å²) in [5.74, 6) is 0.527. The zero-order valence-electron chi connectivity index (χ0n) is 16.5. The van der Waals surface area contributed by atoms with Crippen molar-refractivity contribution in [1.82, 2.24) is 14.5 Å². The third-order valence-corrected chi connectivity index (χ3v) is 7.52. The van der Waals surface area contributed by atoms with E-state index >= 15 is 0 Å². The highest BCUT2D eigenvalue weighted by Gasteiger charge is 2.40. The predicted molar refractivity (Wildman–Crippen MR) is 111 cm³/mol. The minimum atomic E-state index is -3.70. The summed E-state index contributed by atoms with van der Waals surface area (Å²) in [6, 6.07) is 10.9. The number of halogens is 1. The van der Waals surface area contributed by atoms with Gasteiger partial charge in [0, 0.05) is 6.04 Å². The Morgan fingerprint density at radius 1 is 1.10 bits per heavy atom. The predicted octanol–water partition coefficient (Wildman–Crippen LogP) is 4.67. The van der Waals surface area contributed by atoms with Crippen molar-refractivity contribution in [2.24, 2.45) is 0 Å². The maximum Gasteiger partial charge on any atom is 0.249 e. The molecule has 8 heteroatoms. The molecule has 0 bridgehead atoms. The molecule has 0 amide bonds. The highest BCUT2D eigenvalue weighted by molar-refractivity contribution is 7.89. The number of sulfonamides is 1. The van der Waals surface area contributed by atoms with E-state index in [1.807, 2.05) is 45.0 Å². The molecule has 4 rings (SSSR count). The molecule has 1 saturated carbocycles. The van der Waals surface area contributed by atoms with Gasteiger partial charge in [-0.3, -0.25) is 0 Å². The first kappa shape index (κ1) is 20.1. The van der Waals surface area contributed by atoms with Crippen LogP contribution in [-0.2, 0) is 16.6 Å². The van der Waals surface area contributed by atoms with E-state index in [4.69, 9.17) is 16.0 Å². The Morgan fingerprint density at radius 2 is 1.76 bits per heavy atom. The molecular formula is C21H22ClN3O3S.